The minimum atomic E-state index is -0.149. The Labute approximate surface area is 121 Å². The molecule has 3 nitrogen and oxygen atoms in total. The van der Waals surface area contributed by atoms with E-state index < -0.39 is 0 Å². The lowest BCUT2D eigenvalue weighted by Gasteiger charge is -2.35. The Balaban J connectivity index is 2.11. The third-order valence-corrected chi connectivity index (χ3v) is 4.39. The van der Waals surface area contributed by atoms with Gasteiger partial charge in [-0.15, -0.1) is 0 Å². The molecule has 0 bridgehead atoms. The molecule has 0 aliphatic heterocycles. The second kappa shape index (κ2) is 6.29. The van der Waals surface area contributed by atoms with Crippen LogP contribution in [-0.4, -0.2) is 17.1 Å². The highest BCUT2D eigenvalue weighted by atomic mass is 16.3. The number of carbonyl (C=O) groups excluding carboxylic acids is 1. The average molecular weight is 275 g/mol. The topological polar surface area (TPSA) is 49.3 Å². The number of nitrogens with one attached hydrogen (secondary N) is 1. The zero-order valence-corrected chi connectivity index (χ0v) is 12.6. The number of amides is 1. The molecular weight excluding hydrogens is 250 g/mol. The summed E-state index contributed by atoms with van der Waals surface area (Å²) in [5.41, 5.74) is 1.37. The van der Waals surface area contributed by atoms with E-state index in [1.54, 1.807) is 12.1 Å². The van der Waals surface area contributed by atoms with E-state index >= 15 is 0 Å². The van der Waals surface area contributed by atoms with Crippen LogP contribution in [0.5, 0.6) is 5.75 Å². The van der Waals surface area contributed by atoms with E-state index in [2.05, 4.69) is 19.2 Å². The molecule has 1 amide bonds. The zero-order valence-electron chi connectivity index (χ0n) is 12.6. The first-order valence-corrected chi connectivity index (χ1v) is 7.59. The minimum Gasteiger partial charge on any atom is -0.507 e. The van der Waals surface area contributed by atoms with Crippen molar-refractivity contribution >= 4 is 5.91 Å². The van der Waals surface area contributed by atoms with E-state index in [0.717, 1.165) is 12.0 Å². The molecule has 2 unspecified atom stereocenters. The molecule has 0 heterocycles. The molecule has 3 heteroatoms. The summed E-state index contributed by atoms with van der Waals surface area (Å²) < 4.78 is 0. The summed E-state index contributed by atoms with van der Waals surface area (Å²) in [4.78, 5) is 12.4. The van der Waals surface area contributed by atoms with Gasteiger partial charge in [-0.05, 0) is 43.7 Å². The second-order valence-corrected chi connectivity index (χ2v) is 6.29. The standard InChI is InChI=1S/C17H25NO2/c1-11(2)13-6-4-5-7-15(13)18-17(20)14-10-12(3)8-9-16(14)19/h8-11,13,15,19H,4-7H2,1-3H3,(H,18,20). The molecule has 110 valence electrons. The van der Waals surface area contributed by atoms with E-state index in [0.29, 0.717) is 17.4 Å². The molecule has 0 aromatic heterocycles. The van der Waals surface area contributed by atoms with Crippen LogP contribution in [0.3, 0.4) is 0 Å². The number of rotatable bonds is 3. The molecule has 1 fully saturated rings. The van der Waals surface area contributed by atoms with Crippen molar-refractivity contribution in [3.05, 3.63) is 29.3 Å². The highest BCUT2D eigenvalue weighted by Crippen LogP contribution is 2.30. The van der Waals surface area contributed by atoms with Crippen molar-refractivity contribution in [3.63, 3.8) is 0 Å². The van der Waals surface area contributed by atoms with E-state index in [-0.39, 0.29) is 17.7 Å². The van der Waals surface area contributed by atoms with Crippen LogP contribution in [0.2, 0.25) is 0 Å². The molecule has 2 atom stereocenters. The van der Waals surface area contributed by atoms with E-state index in [4.69, 9.17) is 0 Å². The van der Waals surface area contributed by atoms with E-state index in [9.17, 15) is 9.90 Å². The van der Waals surface area contributed by atoms with Crippen molar-refractivity contribution in [2.75, 3.05) is 0 Å². The third kappa shape index (κ3) is 3.33. The van der Waals surface area contributed by atoms with Gasteiger partial charge in [0.25, 0.3) is 5.91 Å². The molecule has 1 saturated carbocycles. The van der Waals surface area contributed by atoms with Gasteiger partial charge in [-0.25, -0.2) is 0 Å². The monoisotopic (exact) mass is 275 g/mol. The van der Waals surface area contributed by atoms with Crippen LogP contribution in [0.25, 0.3) is 0 Å². The first-order chi connectivity index (χ1) is 9.49. The summed E-state index contributed by atoms with van der Waals surface area (Å²) in [6.45, 7) is 6.37. The lowest BCUT2D eigenvalue weighted by atomic mass is 9.78. The van der Waals surface area contributed by atoms with Gasteiger partial charge < -0.3 is 10.4 Å². The molecule has 2 rings (SSSR count). The van der Waals surface area contributed by atoms with Gasteiger partial charge in [-0.2, -0.15) is 0 Å². The summed E-state index contributed by atoms with van der Waals surface area (Å²) in [7, 11) is 0. The Morgan fingerprint density at radius 2 is 2.00 bits per heavy atom. The third-order valence-electron chi connectivity index (χ3n) is 4.39. The molecule has 0 saturated heterocycles. The smallest absolute Gasteiger partial charge is 0.255 e. The van der Waals surface area contributed by atoms with Crippen molar-refractivity contribution < 1.29 is 9.90 Å². The molecule has 1 aliphatic rings. The largest absolute Gasteiger partial charge is 0.507 e. The summed E-state index contributed by atoms with van der Waals surface area (Å²) in [6, 6.07) is 5.38. The first-order valence-electron chi connectivity index (χ1n) is 7.59. The quantitative estimate of drug-likeness (QED) is 0.884. The Hall–Kier alpha value is -1.51. The molecule has 20 heavy (non-hydrogen) atoms. The first kappa shape index (κ1) is 14.9. The van der Waals surface area contributed by atoms with Gasteiger partial charge in [-0.3, -0.25) is 4.79 Å². The number of benzene rings is 1. The van der Waals surface area contributed by atoms with Gasteiger partial charge in [0.2, 0.25) is 0 Å². The summed E-state index contributed by atoms with van der Waals surface area (Å²) in [6.07, 6.45) is 4.66. The predicted molar refractivity (Wildman–Crippen MR) is 80.9 cm³/mol. The summed E-state index contributed by atoms with van der Waals surface area (Å²) in [5.74, 6) is 1.03. The number of hydrogen-bond acceptors (Lipinski definition) is 2. The maximum atomic E-state index is 12.4. The van der Waals surface area contributed by atoms with Crippen molar-refractivity contribution in [2.45, 2.75) is 52.5 Å². The van der Waals surface area contributed by atoms with Crippen LogP contribution >= 0.6 is 0 Å². The normalized spacial score (nSPS) is 22.8. The van der Waals surface area contributed by atoms with Crippen molar-refractivity contribution in [1.82, 2.24) is 5.32 Å². The second-order valence-electron chi connectivity index (χ2n) is 6.29. The molecule has 1 aliphatic carbocycles. The van der Waals surface area contributed by atoms with E-state index in [1.807, 2.05) is 13.0 Å². The summed E-state index contributed by atoms with van der Waals surface area (Å²) in [5, 5.41) is 13.0. The Kier molecular flexibility index (Phi) is 4.69. The van der Waals surface area contributed by atoms with Gasteiger partial charge >= 0.3 is 0 Å². The SMILES string of the molecule is Cc1ccc(O)c(C(=O)NC2CCCCC2C(C)C)c1. The number of aromatic hydroxyl groups is 1. The van der Waals surface area contributed by atoms with Crippen LogP contribution in [0, 0.1) is 18.8 Å². The molecule has 0 spiro atoms. The average Bonchev–Trinajstić information content (AvgIpc) is 2.41. The van der Waals surface area contributed by atoms with Crippen LogP contribution < -0.4 is 5.32 Å². The van der Waals surface area contributed by atoms with Crippen molar-refractivity contribution in [1.29, 1.82) is 0 Å². The van der Waals surface area contributed by atoms with Crippen molar-refractivity contribution in [2.24, 2.45) is 11.8 Å². The maximum Gasteiger partial charge on any atom is 0.255 e. The highest BCUT2D eigenvalue weighted by molar-refractivity contribution is 5.97. The fraction of sp³-hybridized carbons (Fsp3) is 0.588. The molecular formula is C17H25NO2. The van der Waals surface area contributed by atoms with Gasteiger partial charge in [0.1, 0.15) is 5.75 Å². The highest BCUT2D eigenvalue weighted by Gasteiger charge is 2.29. The number of carbonyl (C=O) groups is 1. The molecule has 1 aromatic rings. The van der Waals surface area contributed by atoms with Crippen LogP contribution in [0.1, 0.15) is 55.5 Å². The molecule has 0 radical (unpaired) electrons. The van der Waals surface area contributed by atoms with E-state index in [1.165, 1.54) is 19.3 Å². The molecule has 1 aromatic carbocycles. The lowest BCUT2D eigenvalue weighted by molar-refractivity contribution is 0.0886. The van der Waals surface area contributed by atoms with Gasteiger partial charge in [0.15, 0.2) is 0 Å². The Morgan fingerprint density at radius 1 is 1.30 bits per heavy atom. The fourth-order valence-corrected chi connectivity index (χ4v) is 3.21. The predicted octanol–water partition coefficient (Wildman–Crippen LogP) is 3.65. The van der Waals surface area contributed by atoms with Crippen LogP contribution in [0.4, 0.5) is 0 Å². The number of phenolic OH excluding ortho intramolecular Hbond substituents is 1. The van der Waals surface area contributed by atoms with Gasteiger partial charge in [0.05, 0.1) is 5.56 Å². The Bertz CT molecular complexity index is 482. The Morgan fingerprint density at radius 3 is 2.70 bits per heavy atom. The van der Waals surface area contributed by atoms with Gasteiger partial charge in [0, 0.05) is 6.04 Å². The van der Waals surface area contributed by atoms with Crippen LogP contribution in [-0.2, 0) is 0 Å². The summed E-state index contributed by atoms with van der Waals surface area (Å²) >= 11 is 0. The zero-order chi connectivity index (χ0) is 14.7. The number of aryl methyl sites for hydroxylation is 1. The van der Waals surface area contributed by atoms with Gasteiger partial charge in [-0.1, -0.05) is 38.3 Å². The van der Waals surface area contributed by atoms with Crippen LogP contribution in [0.15, 0.2) is 18.2 Å². The fourth-order valence-electron chi connectivity index (χ4n) is 3.21. The lowest BCUT2D eigenvalue weighted by Crippen LogP contribution is -2.44. The number of hydrogen-bond donors (Lipinski definition) is 2. The number of phenols is 1. The molecule has 2 N–H and O–H groups in total. The maximum absolute atomic E-state index is 12.4. The minimum absolute atomic E-state index is 0.0602. The van der Waals surface area contributed by atoms with Crippen molar-refractivity contribution in [3.8, 4) is 5.75 Å².